The smallest absolute Gasteiger partial charge is 0.119 e. The Hall–Kier alpha value is -0.220. The zero-order valence-electron chi connectivity index (χ0n) is 21.2. The number of rotatable bonds is 20. The van der Waals surface area contributed by atoms with Crippen molar-refractivity contribution in [3.63, 3.8) is 0 Å². The van der Waals surface area contributed by atoms with Gasteiger partial charge in [-0.05, 0) is 64.2 Å². The number of nitrogens with one attached hydrogen (secondary N) is 1. The van der Waals surface area contributed by atoms with Crippen LogP contribution in [0, 0.1) is 0 Å². The second kappa shape index (κ2) is 19.0. The van der Waals surface area contributed by atoms with E-state index in [1.54, 1.807) is 0 Å². The molecule has 1 rings (SSSR count). The molecule has 0 spiro atoms. The normalized spacial score (nSPS) is 13.7. The average molecular weight is 596 g/mol. The predicted molar refractivity (Wildman–Crippen MR) is 149 cm³/mol. The van der Waals surface area contributed by atoms with E-state index in [9.17, 15) is 4.21 Å². The van der Waals surface area contributed by atoms with Gasteiger partial charge in [0, 0.05) is 43.3 Å². The predicted octanol–water partition coefficient (Wildman–Crippen LogP) is 6.77. The number of alkyl halides is 1. The summed E-state index contributed by atoms with van der Waals surface area (Å²) < 4.78 is 33.9. The average Bonchev–Trinajstić information content (AvgIpc) is 2.78. The highest BCUT2D eigenvalue weighted by Crippen LogP contribution is 2.24. The number of ether oxygens (including phenoxy) is 3. The minimum atomic E-state index is -1.09. The quantitative estimate of drug-likeness (QED) is 0.103. The van der Waals surface area contributed by atoms with Crippen molar-refractivity contribution in [2.24, 2.45) is 0 Å². The Morgan fingerprint density at radius 1 is 0.879 bits per heavy atom. The molecule has 0 radical (unpaired) electrons. The van der Waals surface area contributed by atoms with E-state index in [1.165, 1.54) is 17.3 Å². The van der Waals surface area contributed by atoms with Gasteiger partial charge < -0.3 is 14.2 Å². The topological polar surface area (TPSA) is 56.8 Å². The summed E-state index contributed by atoms with van der Waals surface area (Å²) in [6.45, 7) is 12.1. The summed E-state index contributed by atoms with van der Waals surface area (Å²) in [5.74, 6) is 0.867. The maximum absolute atomic E-state index is 12.5. The Bertz CT molecular complexity index is 622. The van der Waals surface area contributed by atoms with Gasteiger partial charge in [-0.15, -0.1) is 0 Å². The molecular weight excluding hydrogens is 549 g/mol. The van der Waals surface area contributed by atoms with Crippen LogP contribution in [0.15, 0.2) is 24.3 Å². The van der Waals surface area contributed by atoms with Gasteiger partial charge in [-0.3, -0.25) is 0 Å². The lowest BCUT2D eigenvalue weighted by Crippen LogP contribution is -2.35. The summed E-state index contributed by atoms with van der Waals surface area (Å²) in [6.07, 6.45) is 8.71. The Kier molecular flexibility index (Phi) is 17.8. The molecule has 2 atom stereocenters. The molecule has 0 fully saturated rings. The minimum Gasteiger partial charge on any atom is -0.494 e. The fraction of sp³-hybridized carbons (Fsp3) is 0.769. The van der Waals surface area contributed by atoms with Gasteiger partial charge in [-0.1, -0.05) is 60.9 Å². The Labute approximate surface area is 218 Å². The van der Waals surface area contributed by atoms with Crippen LogP contribution < -0.4 is 9.46 Å². The van der Waals surface area contributed by atoms with Gasteiger partial charge in [0.25, 0.3) is 0 Å². The van der Waals surface area contributed by atoms with Crippen molar-refractivity contribution < 1.29 is 18.4 Å². The Morgan fingerprint density at radius 2 is 1.45 bits per heavy atom. The van der Waals surface area contributed by atoms with Crippen LogP contribution >= 0.6 is 22.6 Å². The maximum Gasteiger partial charge on any atom is 0.119 e. The molecule has 5 nitrogen and oxygen atoms in total. The van der Waals surface area contributed by atoms with E-state index in [0.717, 1.165) is 76.3 Å². The summed E-state index contributed by atoms with van der Waals surface area (Å²) >= 11 is 2.38. The lowest BCUT2D eigenvalue weighted by molar-refractivity contribution is 0.112. The molecule has 0 amide bonds. The molecule has 1 aromatic carbocycles. The van der Waals surface area contributed by atoms with Crippen LogP contribution in [-0.2, 0) is 20.5 Å². The molecule has 0 aromatic heterocycles. The molecule has 0 saturated carbocycles. The van der Waals surface area contributed by atoms with Crippen molar-refractivity contribution in [1.29, 1.82) is 0 Å². The third-order valence-corrected chi connectivity index (χ3v) is 7.49. The highest BCUT2D eigenvalue weighted by molar-refractivity contribution is 14.1. The molecule has 192 valence electrons. The maximum atomic E-state index is 12.5. The molecule has 7 heteroatoms. The van der Waals surface area contributed by atoms with Gasteiger partial charge in [0.1, 0.15) is 5.75 Å². The van der Waals surface area contributed by atoms with E-state index in [-0.39, 0.29) is 10.8 Å². The van der Waals surface area contributed by atoms with E-state index in [2.05, 4.69) is 46.4 Å². The van der Waals surface area contributed by atoms with E-state index in [1.807, 2.05) is 32.9 Å². The Morgan fingerprint density at radius 3 is 2.00 bits per heavy atom. The molecule has 0 bridgehead atoms. The summed E-state index contributed by atoms with van der Waals surface area (Å²) in [4.78, 5) is 0. The number of benzene rings is 1. The van der Waals surface area contributed by atoms with E-state index in [4.69, 9.17) is 14.2 Å². The highest BCUT2D eigenvalue weighted by atomic mass is 127. The van der Waals surface area contributed by atoms with Crippen LogP contribution in [0.4, 0.5) is 0 Å². The fourth-order valence-electron chi connectivity index (χ4n) is 3.16. The molecule has 0 aliphatic heterocycles. The van der Waals surface area contributed by atoms with Gasteiger partial charge in [0.15, 0.2) is 0 Å². The van der Waals surface area contributed by atoms with Gasteiger partial charge in [-0.25, -0.2) is 8.93 Å². The first kappa shape index (κ1) is 30.8. The van der Waals surface area contributed by atoms with Crippen molar-refractivity contribution in [3.8, 4) is 5.75 Å². The zero-order chi connectivity index (χ0) is 24.4. The van der Waals surface area contributed by atoms with E-state index in [0.29, 0.717) is 6.61 Å². The number of hydrogen-bond acceptors (Lipinski definition) is 4. The first-order valence-electron chi connectivity index (χ1n) is 12.5. The van der Waals surface area contributed by atoms with Crippen LogP contribution in [0.5, 0.6) is 5.75 Å². The number of hydrogen-bond donors (Lipinski definition) is 1. The summed E-state index contributed by atoms with van der Waals surface area (Å²) in [7, 11) is -1.09. The lowest BCUT2D eigenvalue weighted by Gasteiger charge is -2.24. The van der Waals surface area contributed by atoms with Crippen LogP contribution in [0.25, 0.3) is 0 Å². The molecule has 0 aliphatic rings. The molecule has 0 heterocycles. The molecule has 0 aliphatic carbocycles. The summed E-state index contributed by atoms with van der Waals surface area (Å²) in [5.41, 5.74) is 1.15. The van der Waals surface area contributed by atoms with Crippen molar-refractivity contribution >= 4 is 33.6 Å². The number of halogens is 1. The second-order valence-corrected chi connectivity index (χ2v) is 12.4. The van der Waals surface area contributed by atoms with Crippen LogP contribution in [-0.4, -0.2) is 46.4 Å². The van der Waals surface area contributed by atoms with E-state index < -0.39 is 11.0 Å². The molecule has 1 N–H and O–H groups in total. The van der Waals surface area contributed by atoms with Crippen molar-refractivity contribution in [2.45, 2.75) is 89.9 Å². The van der Waals surface area contributed by atoms with Gasteiger partial charge >= 0.3 is 0 Å². The highest BCUT2D eigenvalue weighted by Gasteiger charge is 2.23. The first-order chi connectivity index (χ1) is 15.9. The standard InChI is InChI=1S/C26H46INO4S/c1-5-12-25(28-33(29)26(2,3)4)23-13-15-24(16-14-23)32-22-11-21-31-19-9-7-6-8-18-30-20-10-17-27/h13-16,25,28H,5-12,17-22H2,1-4H3. The first-order valence-corrected chi connectivity index (χ1v) is 15.2. The minimum absolute atomic E-state index is 0.0887. The SMILES string of the molecule is CCCC(NS(=O)C(C)(C)C)c1ccc(OCCCOCCCCCCOCCCI)cc1. The third-order valence-electron chi connectivity index (χ3n) is 5.12. The monoisotopic (exact) mass is 595 g/mol. The van der Waals surface area contributed by atoms with Crippen molar-refractivity contribution in [3.05, 3.63) is 29.8 Å². The molecule has 0 saturated heterocycles. The number of unbranched alkanes of at least 4 members (excludes halogenated alkanes) is 3. The molecule has 33 heavy (non-hydrogen) atoms. The summed E-state index contributed by atoms with van der Waals surface area (Å²) in [5, 5.41) is 0. The van der Waals surface area contributed by atoms with Crippen LogP contribution in [0.3, 0.4) is 0 Å². The van der Waals surface area contributed by atoms with Gasteiger partial charge in [0.2, 0.25) is 0 Å². The lowest BCUT2D eigenvalue weighted by atomic mass is 10.0. The van der Waals surface area contributed by atoms with Crippen molar-refractivity contribution in [2.75, 3.05) is 37.5 Å². The van der Waals surface area contributed by atoms with Gasteiger partial charge in [-0.2, -0.15) is 0 Å². The molecule has 2 unspecified atom stereocenters. The largest absolute Gasteiger partial charge is 0.494 e. The van der Waals surface area contributed by atoms with E-state index >= 15 is 0 Å². The second-order valence-electron chi connectivity index (χ2n) is 9.29. The summed E-state index contributed by atoms with van der Waals surface area (Å²) in [6, 6.07) is 8.25. The van der Waals surface area contributed by atoms with Gasteiger partial charge in [0.05, 0.1) is 22.3 Å². The van der Waals surface area contributed by atoms with Crippen LogP contribution in [0.2, 0.25) is 0 Å². The zero-order valence-corrected chi connectivity index (χ0v) is 24.2. The Balaban J connectivity index is 2.15. The molecular formula is C26H46INO4S. The fourth-order valence-corrected chi connectivity index (χ4v) is 4.34. The van der Waals surface area contributed by atoms with Crippen molar-refractivity contribution in [1.82, 2.24) is 4.72 Å². The third kappa shape index (κ3) is 15.4. The molecule has 1 aromatic rings. The van der Waals surface area contributed by atoms with Crippen LogP contribution in [0.1, 0.15) is 90.7 Å².